The summed E-state index contributed by atoms with van der Waals surface area (Å²) in [5, 5.41) is 12.6. The van der Waals surface area contributed by atoms with Gasteiger partial charge in [-0.15, -0.1) is 5.10 Å². The van der Waals surface area contributed by atoms with Gasteiger partial charge in [-0.3, -0.25) is 0 Å². The van der Waals surface area contributed by atoms with Crippen LogP contribution in [0.5, 0.6) is 0 Å². The minimum atomic E-state index is -0.0332. The van der Waals surface area contributed by atoms with Crippen LogP contribution in [0.1, 0.15) is 37.1 Å². The van der Waals surface area contributed by atoms with E-state index in [1.165, 1.54) is 0 Å². The van der Waals surface area contributed by atoms with Crippen LogP contribution in [0.4, 0.5) is 0 Å². The van der Waals surface area contributed by atoms with E-state index in [0.717, 1.165) is 29.8 Å². The van der Waals surface area contributed by atoms with Crippen LogP contribution in [-0.4, -0.2) is 24.8 Å². The van der Waals surface area contributed by atoms with Crippen molar-refractivity contribution in [3.05, 3.63) is 60.2 Å². The van der Waals surface area contributed by atoms with Crippen molar-refractivity contribution >= 4 is 0 Å². The van der Waals surface area contributed by atoms with Crippen molar-refractivity contribution in [3.63, 3.8) is 0 Å². The van der Waals surface area contributed by atoms with Crippen molar-refractivity contribution in [1.82, 2.24) is 24.8 Å². The number of nitrogens with two attached hydrogens (primary N) is 1. The van der Waals surface area contributed by atoms with Crippen LogP contribution in [0.3, 0.4) is 0 Å². The zero-order chi connectivity index (χ0) is 15.4. The highest BCUT2D eigenvalue weighted by atomic mass is 15.4. The molecule has 1 atom stereocenters. The van der Waals surface area contributed by atoms with Gasteiger partial charge in [0.1, 0.15) is 0 Å². The molecule has 0 bridgehead atoms. The van der Waals surface area contributed by atoms with Crippen LogP contribution in [-0.2, 0) is 6.54 Å². The zero-order valence-electron chi connectivity index (χ0n) is 12.6. The molecule has 114 valence electrons. The van der Waals surface area contributed by atoms with E-state index in [-0.39, 0.29) is 6.04 Å². The molecule has 0 aliphatic rings. The molecule has 0 aliphatic carbocycles. The predicted molar refractivity (Wildman–Crippen MR) is 84.5 cm³/mol. The Balaban J connectivity index is 1.75. The highest BCUT2D eigenvalue weighted by Gasteiger charge is 2.10. The fourth-order valence-corrected chi connectivity index (χ4v) is 2.43. The maximum Gasteiger partial charge on any atom is 0.0994 e. The monoisotopic (exact) mass is 296 g/mol. The average Bonchev–Trinajstić information content (AvgIpc) is 3.19. The highest BCUT2D eigenvalue weighted by molar-refractivity contribution is 5.35. The number of hydrogen-bond donors (Lipinski definition) is 1. The summed E-state index contributed by atoms with van der Waals surface area (Å²) in [5.41, 5.74) is 9.10. The summed E-state index contributed by atoms with van der Waals surface area (Å²) in [6, 6.07) is 10.1. The van der Waals surface area contributed by atoms with E-state index < -0.39 is 0 Å². The molecule has 0 saturated heterocycles. The molecule has 0 aliphatic heterocycles. The standard InChI is InChI=1S/C16H20N6/c1-2-5-15(17)16-12-21(20-19-16)11-13-6-3-7-14(10-13)22-9-4-8-18-22/h3-4,6-10,12,15H,2,5,11,17H2,1H3. The fourth-order valence-electron chi connectivity index (χ4n) is 2.43. The van der Waals surface area contributed by atoms with Gasteiger partial charge in [0.25, 0.3) is 0 Å². The molecule has 0 saturated carbocycles. The molecule has 6 heteroatoms. The van der Waals surface area contributed by atoms with Gasteiger partial charge >= 0.3 is 0 Å². The second-order valence-corrected chi connectivity index (χ2v) is 5.36. The van der Waals surface area contributed by atoms with Gasteiger partial charge in [-0.25, -0.2) is 9.36 Å². The van der Waals surface area contributed by atoms with Crippen LogP contribution in [0, 0.1) is 0 Å². The molecular weight excluding hydrogens is 276 g/mol. The largest absolute Gasteiger partial charge is 0.323 e. The number of aromatic nitrogens is 5. The Morgan fingerprint density at radius 3 is 2.95 bits per heavy atom. The molecule has 2 N–H and O–H groups in total. The third kappa shape index (κ3) is 3.23. The summed E-state index contributed by atoms with van der Waals surface area (Å²) in [7, 11) is 0. The molecule has 1 unspecified atom stereocenters. The lowest BCUT2D eigenvalue weighted by Gasteiger charge is -2.06. The van der Waals surface area contributed by atoms with E-state index in [1.54, 1.807) is 6.20 Å². The third-order valence-electron chi connectivity index (χ3n) is 3.56. The van der Waals surface area contributed by atoms with Crippen LogP contribution < -0.4 is 5.73 Å². The zero-order valence-corrected chi connectivity index (χ0v) is 12.6. The lowest BCUT2D eigenvalue weighted by Crippen LogP contribution is -2.10. The Bertz CT molecular complexity index is 716. The van der Waals surface area contributed by atoms with Gasteiger partial charge in [0, 0.05) is 12.4 Å². The maximum atomic E-state index is 6.07. The predicted octanol–water partition coefficient (Wildman–Crippen LogP) is 2.31. The molecule has 0 radical (unpaired) electrons. The number of nitrogens with zero attached hydrogens (tertiary/aromatic N) is 5. The van der Waals surface area contributed by atoms with Gasteiger partial charge in [0.05, 0.1) is 30.2 Å². The van der Waals surface area contributed by atoms with Gasteiger partial charge in [-0.2, -0.15) is 5.10 Å². The summed E-state index contributed by atoms with van der Waals surface area (Å²) in [6.45, 7) is 2.78. The smallest absolute Gasteiger partial charge is 0.0994 e. The van der Waals surface area contributed by atoms with Crippen LogP contribution in [0.15, 0.2) is 48.9 Å². The topological polar surface area (TPSA) is 74.5 Å². The quantitative estimate of drug-likeness (QED) is 0.757. The Morgan fingerprint density at radius 2 is 2.18 bits per heavy atom. The summed E-state index contributed by atoms with van der Waals surface area (Å²) in [6.07, 6.45) is 7.59. The van der Waals surface area contributed by atoms with E-state index in [0.29, 0.717) is 6.54 Å². The van der Waals surface area contributed by atoms with Crippen molar-refractivity contribution in [1.29, 1.82) is 0 Å². The van der Waals surface area contributed by atoms with Crippen LogP contribution in [0.2, 0.25) is 0 Å². The average molecular weight is 296 g/mol. The first-order valence-electron chi connectivity index (χ1n) is 7.51. The maximum absolute atomic E-state index is 6.07. The first-order valence-corrected chi connectivity index (χ1v) is 7.51. The molecule has 2 heterocycles. The Morgan fingerprint density at radius 1 is 1.27 bits per heavy atom. The second kappa shape index (κ2) is 6.53. The highest BCUT2D eigenvalue weighted by Crippen LogP contribution is 2.14. The van der Waals surface area contributed by atoms with E-state index in [4.69, 9.17) is 5.73 Å². The molecule has 3 rings (SSSR count). The molecule has 0 spiro atoms. The second-order valence-electron chi connectivity index (χ2n) is 5.36. The SMILES string of the molecule is CCCC(N)c1cn(Cc2cccc(-n3cccn3)c2)nn1. The molecule has 3 aromatic rings. The minimum Gasteiger partial charge on any atom is -0.323 e. The van der Waals surface area contributed by atoms with E-state index in [2.05, 4.69) is 34.5 Å². The third-order valence-corrected chi connectivity index (χ3v) is 3.56. The fraction of sp³-hybridized carbons (Fsp3) is 0.312. The van der Waals surface area contributed by atoms with Crippen LogP contribution >= 0.6 is 0 Å². The lowest BCUT2D eigenvalue weighted by atomic mass is 10.1. The molecular formula is C16H20N6. The Labute approximate surface area is 129 Å². The first-order chi connectivity index (χ1) is 10.8. The van der Waals surface area contributed by atoms with Gasteiger partial charge in [-0.1, -0.05) is 30.7 Å². The first kappa shape index (κ1) is 14.5. The van der Waals surface area contributed by atoms with E-state index in [1.807, 2.05) is 40.0 Å². The normalized spacial score (nSPS) is 12.5. The minimum absolute atomic E-state index is 0.0332. The molecule has 2 aromatic heterocycles. The number of hydrogen-bond acceptors (Lipinski definition) is 4. The van der Waals surface area contributed by atoms with E-state index >= 15 is 0 Å². The van der Waals surface area contributed by atoms with Crippen molar-refractivity contribution < 1.29 is 0 Å². The van der Waals surface area contributed by atoms with Crippen molar-refractivity contribution in [3.8, 4) is 5.69 Å². The van der Waals surface area contributed by atoms with Crippen molar-refractivity contribution in [2.75, 3.05) is 0 Å². The molecule has 6 nitrogen and oxygen atoms in total. The van der Waals surface area contributed by atoms with Crippen molar-refractivity contribution in [2.45, 2.75) is 32.4 Å². The molecule has 22 heavy (non-hydrogen) atoms. The molecule has 0 fully saturated rings. The van der Waals surface area contributed by atoms with Gasteiger partial charge in [0.15, 0.2) is 0 Å². The summed E-state index contributed by atoms with van der Waals surface area (Å²) in [4.78, 5) is 0. The van der Waals surface area contributed by atoms with Gasteiger partial charge in [-0.05, 0) is 30.2 Å². The Hall–Kier alpha value is -2.47. The van der Waals surface area contributed by atoms with Crippen molar-refractivity contribution in [2.24, 2.45) is 5.73 Å². The van der Waals surface area contributed by atoms with Gasteiger partial charge < -0.3 is 5.73 Å². The molecule has 0 amide bonds. The number of rotatable bonds is 6. The Kier molecular flexibility index (Phi) is 4.29. The summed E-state index contributed by atoms with van der Waals surface area (Å²) in [5.74, 6) is 0. The lowest BCUT2D eigenvalue weighted by molar-refractivity contribution is 0.617. The molecule has 1 aromatic carbocycles. The number of benzene rings is 1. The van der Waals surface area contributed by atoms with E-state index in [9.17, 15) is 0 Å². The van der Waals surface area contributed by atoms with Crippen LogP contribution in [0.25, 0.3) is 5.69 Å². The summed E-state index contributed by atoms with van der Waals surface area (Å²) < 4.78 is 3.67. The summed E-state index contributed by atoms with van der Waals surface area (Å²) >= 11 is 0. The van der Waals surface area contributed by atoms with Gasteiger partial charge in [0.2, 0.25) is 0 Å².